The molecule has 0 radical (unpaired) electrons. The average Bonchev–Trinajstić information content (AvgIpc) is 3.18. The molecule has 0 aromatic rings. The zero-order valence-corrected chi connectivity index (χ0v) is 47.1. The topological polar surface area (TPSA) is 0 Å². The molecule has 0 spiro atoms. The lowest BCUT2D eigenvalue weighted by molar-refractivity contribution is -0.222. The van der Waals surface area contributed by atoms with E-state index in [0.717, 1.165) is 6.92 Å². The average molecular weight is 1300 g/mol. The van der Waals surface area contributed by atoms with E-state index in [1.807, 2.05) is 0 Å². The van der Waals surface area contributed by atoms with Crippen molar-refractivity contribution in [3.05, 3.63) is 0 Å². The van der Waals surface area contributed by atoms with Crippen molar-refractivity contribution in [2.75, 3.05) is 0 Å². The van der Waals surface area contributed by atoms with Crippen LogP contribution in [0.25, 0.3) is 0 Å². The standard InChI is InChI=1S/C10H14F8.C10H16F6.2C7H10F6.2C7H12F4/c1-7(11,12)4-6(8(2,13)14)5-10(17,18)9(3,15)16;1-4-10(15,16)6-7(9(3,13)14)5-8(2,11)12;2*1-5(8,9)3-4-7(12,13)6(2,10)11;2*1-3-7(10,11)5-4-6(2,8)9/h6H,4-5H2,1-3H3;7H,4-6H2,1-3H3;2*3-4H2,1-2H3;2*3-5H2,1-2H3. The summed E-state index contributed by atoms with van der Waals surface area (Å²) in [6, 6.07) is 0. The van der Waals surface area contributed by atoms with Crippen LogP contribution in [0.4, 0.5) is 149 Å². The molecule has 0 saturated carbocycles. The van der Waals surface area contributed by atoms with E-state index in [4.69, 9.17) is 0 Å². The second-order valence-electron chi connectivity index (χ2n) is 21.0. The molecule has 0 nitrogen and oxygen atoms in total. The van der Waals surface area contributed by atoms with Crippen LogP contribution in [-0.2, 0) is 0 Å². The van der Waals surface area contributed by atoms with Crippen LogP contribution < -0.4 is 0 Å². The quantitative estimate of drug-likeness (QED) is 0.0685. The minimum absolute atomic E-state index is 0.0147. The number of hydrogen-bond acceptors (Lipinski definition) is 0. The Hall–Kier alpha value is -2.38. The summed E-state index contributed by atoms with van der Waals surface area (Å²) in [5.74, 6) is -67.3. The number of halogens is 34. The molecule has 0 fully saturated rings. The van der Waals surface area contributed by atoms with E-state index < -0.39 is 196 Å². The first kappa shape index (κ1) is 90.8. The first-order valence-electron chi connectivity index (χ1n) is 24.3. The van der Waals surface area contributed by atoms with Crippen LogP contribution in [0.5, 0.6) is 0 Å². The predicted octanol–water partition coefficient (Wildman–Crippen LogP) is 24.1. The molecule has 0 aromatic heterocycles. The molecule has 0 saturated heterocycles. The Labute approximate surface area is 455 Å². The first-order valence-corrected chi connectivity index (χ1v) is 24.3. The number of rotatable bonds is 28. The molecule has 0 amide bonds. The summed E-state index contributed by atoms with van der Waals surface area (Å²) >= 11 is 0. The van der Waals surface area contributed by atoms with Crippen molar-refractivity contribution in [1.82, 2.24) is 0 Å². The van der Waals surface area contributed by atoms with Gasteiger partial charge >= 0.3 is 35.5 Å². The predicted molar refractivity (Wildman–Crippen MR) is 240 cm³/mol. The van der Waals surface area contributed by atoms with Crippen LogP contribution in [-0.4, -0.2) is 101 Å². The fraction of sp³-hybridized carbons (Fsp3) is 1.00. The molecule has 2 unspecified atom stereocenters. The lowest BCUT2D eigenvalue weighted by atomic mass is 9.88. The maximum Gasteiger partial charge on any atom is 0.310 e. The van der Waals surface area contributed by atoms with Gasteiger partial charge in [-0.05, 0) is 55.4 Å². The fourth-order valence-corrected chi connectivity index (χ4v) is 5.07. The smallest absolute Gasteiger partial charge is 0.207 e. The van der Waals surface area contributed by atoms with Crippen molar-refractivity contribution in [2.24, 2.45) is 11.8 Å². The first-order chi connectivity index (χ1) is 34.9. The zero-order valence-electron chi connectivity index (χ0n) is 47.1. The maximum absolute atomic E-state index is 13.0. The van der Waals surface area contributed by atoms with Gasteiger partial charge in [0.15, 0.2) is 0 Å². The SMILES string of the molecule is CC(F)(F)CC(CC(F)(F)C(C)(F)F)C(C)(F)F.CC(F)(F)CCC(F)(F)C(C)(F)F.CC(F)(F)CCC(F)(F)C(C)(F)F.CCC(F)(F)CC(CC(C)(F)F)C(C)(F)F.CCC(F)(F)CCC(C)(F)F.CCC(F)(F)CCC(C)(F)F. The van der Waals surface area contributed by atoms with Crippen LogP contribution in [0, 0.1) is 11.8 Å². The highest BCUT2D eigenvalue weighted by Gasteiger charge is 2.57. The summed E-state index contributed by atoms with van der Waals surface area (Å²) in [6.45, 7) is 7.01. The highest BCUT2D eigenvalue weighted by Crippen LogP contribution is 2.46. The normalized spacial score (nSPS) is 15.2. The van der Waals surface area contributed by atoms with Gasteiger partial charge in [0.05, 0.1) is 0 Å². The van der Waals surface area contributed by atoms with Crippen molar-refractivity contribution in [2.45, 2.75) is 294 Å². The van der Waals surface area contributed by atoms with Crippen LogP contribution in [0.1, 0.15) is 193 Å². The van der Waals surface area contributed by atoms with Crippen molar-refractivity contribution in [3.8, 4) is 0 Å². The van der Waals surface area contributed by atoms with E-state index in [1.54, 1.807) is 0 Å². The molecule has 34 heteroatoms. The lowest BCUT2D eigenvalue weighted by Gasteiger charge is -2.31. The molecular weight excluding hydrogens is 1220 g/mol. The van der Waals surface area contributed by atoms with Crippen LogP contribution in [0.15, 0.2) is 0 Å². The van der Waals surface area contributed by atoms with E-state index in [-0.39, 0.29) is 47.5 Å². The molecular formula is C48H74F34. The van der Waals surface area contributed by atoms with Crippen molar-refractivity contribution in [3.63, 3.8) is 0 Å². The fourth-order valence-electron chi connectivity index (χ4n) is 5.07. The van der Waals surface area contributed by atoms with Gasteiger partial charge in [-0.25, -0.2) is 123 Å². The molecule has 0 rings (SSSR count). The van der Waals surface area contributed by atoms with Crippen molar-refractivity contribution in [1.29, 1.82) is 0 Å². The van der Waals surface area contributed by atoms with Gasteiger partial charge in [0.2, 0.25) is 65.1 Å². The second kappa shape index (κ2) is 32.6. The highest BCUT2D eigenvalue weighted by atomic mass is 19.3. The summed E-state index contributed by atoms with van der Waals surface area (Å²) in [4.78, 5) is 0. The molecule has 0 aliphatic rings. The third-order valence-corrected chi connectivity index (χ3v) is 10.8. The number of hydrogen-bond donors (Lipinski definition) is 0. The van der Waals surface area contributed by atoms with E-state index in [9.17, 15) is 149 Å². The molecule has 2 atom stereocenters. The van der Waals surface area contributed by atoms with Crippen molar-refractivity contribution >= 4 is 0 Å². The van der Waals surface area contributed by atoms with E-state index in [2.05, 4.69) is 0 Å². The highest BCUT2D eigenvalue weighted by molar-refractivity contribution is 4.89. The number of alkyl halides is 34. The Kier molecular flexibility index (Phi) is 36.1. The van der Waals surface area contributed by atoms with Gasteiger partial charge in [0.25, 0.3) is 0 Å². The summed E-state index contributed by atoms with van der Waals surface area (Å²) in [7, 11) is 0. The van der Waals surface area contributed by atoms with Crippen LogP contribution >= 0.6 is 0 Å². The Morgan fingerprint density at radius 3 is 0.561 bits per heavy atom. The van der Waals surface area contributed by atoms with Crippen molar-refractivity contribution < 1.29 is 149 Å². The minimum Gasteiger partial charge on any atom is -0.207 e. The van der Waals surface area contributed by atoms with Crippen LogP contribution in [0.3, 0.4) is 0 Å². The Balaban J connectivity index is -0.000000213. The van der Waals surface area contributed by atoms with Gasteiger partial charge in [-0.1, -0.05) is 20.8 Å². The third-order valence-electron chi connectivity index (χ3n) is 10.8. The van der Waals surface area contributed by atoms with Gasteiger partial charge < -0.3 is 0 Å². The molecule has 504 valence electrons. The van der Waals surface area contributed by atoms with Gasteiger partial charge in [0, 0.05) is 129 Å². The maximum atomic E-state index is 13.0. The Morgan fingerprint density at radius 1 is 0.207 bits per heavy atom. The van der Waals surface area contributed by atoms with E-state index in [0.29, 0.717) is 41.5 Å². The molecule has 0 aliphatic carbocycles. The molecule has 0 N–H and O–H groups in total. The molecule has 0 aromatic carbocycles. The minimum atomic E-state index is -4.76. The van der Waals surface area contributed by atoms with Gasteiger partial charge in [-0.2, -0.15) is 26.3 Å². The lowest BCUT2D eigenvalue weighted by Crippen LogP contribution is -2.43. The Morgan fingerprint density at radius 2 is 0.402 bits per heavy atom. The zero-order chi connectivity index (χ0) is 68.3. The summed E-state index contributed by atoms with van der Waals surface area (Å²) in [5, 5.41) is 0. The summed E-state index contributed by atoms with van der Waals surface area (Å²) in [5.41, 5.74) is 0. The molecule has 0 aliphatic heterocycles. The second-order valence-corrected chi connectivity index (χ2v) is 21.0. The monoisotopic (exact) mass is 1300 g/mol. The summed E-state index contributed by atoms with van der Waals surface area (Å²) in [6.07, 6.45) is -15.9. The molecule has 82 heavy (non-hydrogen) atoms. The van der Waals surface area contributed by atoms with E-state index in [1.165, 1.54) is 13.8 Å². The Bertz CT molecular complexity index is 1590. The summed E-state index contributed by atoms with van der Waals surface area (Å²) < 4.78 is 423. The third kappa shape index (κ3) is 52.0. The largest absolute Gasteiger partial charge is 0.310 e. The molecule has 0 bridgehead atoms. The van der Waals surface area contributed by atoms with E-state index >= 15 is 0 Å². The molecule has 0 heterocycles. The van der Waals surface area contributed by atoms with Crippen LogP contribution in [0.2, 0.25) is 0 Å². The van der Waals surface area contributed by atoms with Gasteiger partial charge in [-0.15, -0.1) is 0 Å². The van der Waals surface area contributed by atoms with Gasteiger partial charge in [-0.3, -0.25) is 0 Å². The van der Waals surface area contributed by atoms with Gasteiger partial charge in [0.1, 0.15) is 0 Å².